The largest absolute Gasteiger partial charge is 0.377 e. The molecule has 1 unspecified atom stereocenters. The molecule has 1 aromatic heterocycles. The van der Waals surface area contributed by atoms with Crippen LogP contribution in [-0.4, -0.2) is 4.98 Å². The van der Waals surface area contributed by atoms with E-state index in [9.17, 15) is 0 Å². The van der Waals surface area contributed by atoms with E-state index in [1.807, 2.05) is 12.1 Å². The molecule has 0 amide bonds. The Morgan fingerprint density at radius 3 is 2.81 bits per heavy atom. The number of para-hydroxylation sites is 1. The first-order valence-electron chi connectivity index (χ1n) is 7.43. The van der Waals surface area contributed by atoms with Gasteiger partial charge in [-0.1, -0.05) is 29.8 Å². The van der Waals surface area contributed by atoms with Gasteiger partial charge in [0.25, 0.3) is 0 Å². The Morgan fingerprint density at radius 2 is 1.95 bits per heavy atom. The van der Waals surface area contributed by atoms with E-state index in [1.165, 1.54) is 34.3 Å². The number of benzene rings is 2. The van der Waals surface area contributed by atoms with Crippen LogP contribution in [0.2, 0.25) is 5.02 Å². The van der Waals surface area contributed by atoms with Gasteiger partial charge in [0.1, 0.15) is 0 Å². The summed E-state index contributed by atoms with van der Waals surface area (Å²) in [5.74, 6) is 0. The number of halogens is 1. The summed E-state index contributed by atoms with van der Waals surface area (Å²) in [7, 11) is 0. The summed E-state index contributed by atoms with van der Waals surface area (Å²) in [6.07, 6.45) is 3.49. The predicted molar refractivity (Wildman–Crippen MR) is 89.1 cm³/mol. The molecule has 0 radical (unpaired) electrons. The van der Waals surface area contributed by atoms with Crippen molar-refractivity contribution in [1.29, 1.82) is 0 Å². The molecule has 0 fully saturated rings. The Kier molecular flexibility index (Phi) is 3.12. The maximum atomic E-state index is 6.15. The molecule has 3 aromatic rings. The zero-order chi connectivity index (χ0) is 14.2. The molecule has 0 spiro atoms. The standard InChI is InChI=1S/C18H17ClN2/c19-12-9-10-16-15(11-12)14-7-4-8-17(18(14)21-16)20-13-5-2-1-3-6-13/h1-3,5-6,9-11,17,20-21H,4,7-8H2. The van der Waals surface area contributed by atoms with Crippen molar-refractivity contribution in [2.75, 3.05) is 5.32 Å². The molecule has 1 aliphatic carbocycles. The van der Waals surface area contributed by atoms with E-state index in [0.717, 1.165) is 17.9 Å². The number of H-pyrrole nitrogens is 1. The highest BCUT2D eigenvalue weighted by molar-refractivity contribution is 6.31. The molecule has 3 heteroatoms. The van der Waals surface area contributed by atoms with E-state index in [4.69, 9.17) is 11.6 Å². The Balaban J connectivity index is 1.76. The minimum atomic E-state index is 0.349. The number of hydrogen-bond acceptors (Lipinski definition) is 1. The van der Waals surface area contributed by atoms with Gasteiger partial charge in [0.2, 0.25) is 0 Å². The molecule has 1 atom stereocenters. The van der Waals surface area contributed by atoms with Gasteiger partial charge in [0.15, 0.2) is 0 Å². The summed E-state index contributed by atoms with van der Waals surface area (Å²) in [5.41, 5.74) is 5.10. The number of aromatic nitrogens is 1. The monoisotopic (exact) mass is 296 g/mol. The molecule has 2 nitrogen and oxygen atoms in total. The normalized spacial score (nSPS) is 17.7. The van der Waals surface area contributed by atoms with Gasteiger partial charge in [-0.2, -0.15) is 0 Å². The van der Waals surface area contributed by atoms with Crippen LogP contribution in [0.3, 0.4) is 0 Å². The molecule has 0 saturated carbocycles. The number of rotatable bonds is 2. The van der Waals surface area contributed by atoms with Crippen molar-refractivity contribution in [3.8, 4) is 0 Å². The minimum Gasteiger partial charge on any atom is -0.377 e. The summed E-state index contributed by atoms with van der Waals surface area (Å²) in [4.78, 5) is 3.59. The van der Waals surface area contributed by atoms with Crippen LogP contribution >= 0.6 is 11.6 Å². The maximum Gasteiger partial charge on any atom is 0.0666 e. The highest BCUT2D eigenvalue weighted by Gasteiger charge is 2.24. The molecule has 0 bridgehead atoms. The summed E-state index contributed by atoms with van der Waals surface area (Å²) < 4.78 is 0. The molecule has 106 valence electrons. The lowest BCUT2D eigenvalue weighted by Gasteiger charge is -2.24. The van der Waals surface area contributed by atoms with Crippen LogP contribution in [0.15, 0.2) is 48.5 Å². The Labute approximate surface area is 129 Å². The van der Waals surface area contributed by atoms with Crippen molar-refractivity contribution in [3.63, 3.8) is 0 Å². The quantitative estimate of drug-likeness (QED) is 0.659. The second kappa shape index (κ2) is 5.12. The summed E-state index contributed by atoms with van der Waals surface area (Å²) in [6, 6.07) is 16.9. The number of hydrogen-bond donors (Lipinski definition) is 2. The maximum absolute atomic E-state index is 6.15. The van der Waals surface area contributed by atoms with Crippen molar-refractivity contribution in [2.24, 2.45) is 0 Å². The smallest absolute Gasteiger partial charge is 0.0666 e. The van der Waals surface area contributed by atoms with E-state index in [-0.39, 0.29) is 0 Å². The van der Waals surface area contributed by atoms with E-state index >= 15 is 0 Å². The van der Waals surface area contributed by atoms with Crippen LogP contribution in [0.5, 0.6) is 0 Å². The van der Waals surface area contributed by atoms with Crippen LogP contribution in [0.25, 0.3) is 10.9 Å². The van der Waals surface area contributed by atoms with Gasteiger partial charge in [0.05, 0.1) is 6.04 Å². The second-order valence-corrected chi connectivity index (χ2v) is 6.10. The Morgan fingerprint density at radius 1 is 1.10 bits per heavy atom. The van der Waals surface area contributed by atoms with E-state index < -0.39 is 0 Å². The van der Waals surface area contributed by atoms with Crippen molar-refractivity contribution in [1.82, 2.24) is 4.98 Å². The highest BCUT2D eigenvalue weighted by Crippen LogP contribution is 2.37. The van der Waals surface area contributed by atoms with E-state index in [0.29, 0.717) is 6.04 Å². The number of nitrogens with one attached hydrogen (secondary N) is 2. The number of anilines is 1. The molecular formula is C18H17ClN2. The average molecular weight is 297 g/mol. The van der Waals surface area contributed by atoms with Gasteiger partial charge in [0, 0.05) is 27.3 Å². The summed E-state index contributed by atoms with van der Waals surface area (Å²) in [6.45, 7) is 0. The fourth-order valence-corrected chi connectivity index (χ4v) is 3.49. The van der Waals surface area contributed by atoms with Crippen LogP contribution < -0.4 is 5.32 Å². The van der Waals surface area contributed by atoms with Crippen LogP contribution in [0.4, 0.5) is 5.69 Å². The Hall–Kier alpha value is -1.93. The fourth-order valence-electron chi connectivity index (χ4n) is 3.31. The van der Waals surface area contributed by atoms with Gasteiger partial charge in [-0.15, -0.1) is 0 Å². The molecule has 1 heterocycles. The third-order valence-corrected chi connectivity index (χ3v) is 4.52. The highest BCUT2D eigenvalue weighted by atomic mass is 35.5. The lowest BCUT2D eigenvalue weighted by Crippen LogP contribution is -2.17. The molecular weight excluding hydrogens is 280 g/mol. The summed E-state index contributed by atoms with van der Waals surface area (Å²) in [5, 5.41) is 5.73. The van der Waals surface area contributed by atoms with Gasteiger partial charge in [-0.25, -0.2) is 0 Å². The number of fused-ring (bicyclic) bond motifs is 3. The predicted octanol–water partition coefficient (Wildman–Crippen LogP) is 5.31. The van der Waals surface area contributed by atoms with Crippen molar-refractivity contribution < 1.29 is 0 Å². The number of aromatic amines is 1. The minimum absolute atomic E-state index is 0.349. The SMILES string of the molecule is Clc1ccc2[nH]c3c(c2c1)CCCC3Nc1ccccc1. The Bertz CT molecular complexity index is 777. The second-order valence-electron chi connectivity index (χ2n) is 5.66. The first-order chi connectivity index (χ1) is 10.3. The lowest BCUT2D eigenvalue weighted by atomic mass is 9.91. The molecule has 0 saturated heterocycles. The molecule has 2 N–H and O–H groups in total. The topological polar surface area (TPSA) is 27.8 Å². The molecule has 0 aliphatic heterocycles. The number of aryl methyl sites for hydroxylation is 1. The van der Waals surface area contributed by atoms with Gasteiger partial charge in [-0.05, 0) is 55.2 Å². The lowest BCUT2D eigenvalue weighted by molar-refractivity contribution is 0.593. The van der Waals surface area contributed by atoms with E-state index in [1.54, 1.807) is 0 Å². The first kappa shape index (κ1) is 12.8. The van der Waals surface area contributed by atoms with Crippen molar-refractivity contribution >= 4 is 28.2 Å². The molecule has 2 aromatic carbocycles. The van der Waals surface area contributed by atoms with Crippen LogP contribution in [0, 0.1) is 0 Å². The molecule has 21 heavy (non-hydrogen) atoms. The zero-order valence-electron chi connectivity index (χ0n) is 11.7. The third kappa shape index (κ3) is 2.30. The average Bonchev–Trinajstić information content (AvgIpc) is 2.88. The van der Waals surface area contributed by atoms with Gasteiger partial charge >= 0.3 is 0 Å². The third-order valence-electron chi connectivity index (χ3n) is 4.28. The van der Waals surface area contributed by atoms with Crippen molar-refractivity contribution in [2.45, 2.75) is 25.3 Å². The van der Waals surface area contributed by atoms with Gasteiger partial charge < -0.3 is 10.3 Å². The van der Waals surface area contributed by atoms with Crippen LogP contribution in [-0.2, 0) is 6.42 Å². The van der Waals surface area contributed by atoms with Crippen molar-refractivity contribution in [3.05, 3.63) is 64.8 Å². The summed E-state index contributed by atoms with van der Waals surface area (Å²) >= 11 is 6.15. The van der Waals surface area contributed by atoms with Gasteiger partial charge in [-0.3, -0.25) is 0 Å². The van der Waals surface area contributed by atoms with E-state index in [2.05, 4.69) is 46.7 Å². The fraction of sp³-hybridized carbons (Fsp3) is 0.222. The van der Waals surface area contributed by atoms with Crippen LogP contribution in [0.1, 0.15) is 30.1 Å². The first-order valence-corrected chi connectivity index (χ1v) is 7.80. The zero-order valence-corrected chi connectivity index (χ0v) is 12.5. The molecule has 1 aliphatic rings. The molecule has 4 rings (SSSR count).